The molecular weight excluding hydrogens is 335 g/mol. The molecule has 0 spiro atoms. The Morgan fingerprint density at radius 1 is 1.19 bits per heavy atom. The van der Waals surface area contributed by atoms with Crippen LogP contribution in [-0.4, -0.2) is 24.1 Å². The third kappa shape index (κ3) is 3.74. The van der Waals surface area contributed by atoms with Gasteiger partial charge in [-0.1, -0.05) is 6.92 Å². The molecule has 26 heavy (non-hydrogen) atoms. The standard InChI is InChI=1S/C20H19FN2O3/c1-3-17(26-14-8-6-13(21)7-9-14)20(24)23-16-10-11-18(25-2)19-15(16)5-4-12-22-19/h4-12,17H,3H2,1-2H3,(H,23,24)/t17-/m0/s1. The van der Waals surface area contributed by atoms with Gasteiger partial charge in [0, 0.05) is 11.6 Å². The van der Waals surface area contributed by atoms with E-state index in [0.717, 1.165) is 5.39 Å². The summed E-state index contributed by atoms with van der Waals surface area (Å²) in [5, 5.41) is 3.66. The van der Waals surface area contributed by atoms with Crippen molar-refractivity contribution in [3.05, 3.63) is 60.5 Å². The van der Waals surface area contributed by atoms with Gasteiger partial charge >= 0.3 is 0 Å². The van der Waals surface area contributed by atoms with Gasteiger partial charge in [0.2, 0.25) is 0 Å². The number of hydrogen-bond donors (Lipinski definition) is 1. The van der Waals surface area contributed by atoms with Crippen molar-refractivity contribution >= 4 is 22.5 Å². The monoisotopic (exact) mass is 354 g/mol. The maximum Gasteiger partial charge on any atom is 0.265 e. The summed E-state index contributed by atoms with van der Waals surface area (Å²) in [6.07, 6.45) is 1.44. The number of carbonyl (C=O) groups excluding carboxylic acids is 1. The topological polar surface area (TPSA) is 60.5 Å². The van der Waals surface area contributed by atoms with Gasteiger partial charge in [-0.3, -0.25) is 9.78 Å². The predicted molar refractivity (Wildman–Crippen MR) is 98.0 cm³/mol. The molecule has 6 heteroatoms. The van der Waals surface area contributed by atoms with Crippen molar-refractivity contribution in [1.29, 1.82) is 0 Å². The second-order valence-electron chi connectivity index (χ2n) is 5.67. The Morgan fingerprint density at radius 2 is 1.96 bits per heavy atom. The Bertz CT molecular complexity index is 913. The number of amides is 1. The lowest BCUT2D eigenvalue weighted by Crippen LogP contribution is -2.32. The summed E-state index contributed by atoms with van der Waals surface area (Å²) in [5.74, 6) is 0.432. The van der Waals surface area contributed by atoms with Crippen LogP contribution < -0.4 is 14.8 Å². The smallest absolute Gasteiger partial charge is 0.265 e. The summed E-state index contributed by atoms with van der Waals surface area (Å²) in [5.41, 5.74) is 1.29. The minimum atomic E-state index is -0.700. The van der Waals surface area contributed by atoms with E-state index in [1.165, 1.54) is 24.3 Å². The minimum Gasteiger partial charge on any atom is -0.494 e. The quantitative estimate of drug-likeness (QED) is 0.721. The van der Waals surface area contributed by atoms with E-state index in [1.54, 1.807) is 31.5 Å². The van der Waals surface area contributed by atoms with Gasteiger partial charge in [0.15, 0.2) is 6.10 Å². The number of fused-ring (bicyclic) bond motifs is 1. The second-order valence-corrected chi connectivity index (χ2v) is 5.67. The van der Waals surface area contributed by atoms with Gasteiger partial charge in [-0.05, 0) is 55.0 Å². The number of nitrogens with one attached hydrogen (secondary N) is 1. The molecule has 0 saturated carbocycles. The Kier molecular flexibility index (Phi) is 5.31. The van der Waals surface area contributed by atoms with E-state index in [-0.39, 0.29) is 11.7 Å². The molecule has 1 heterocycles. The summed E-state index contributed by atoms with van der Waals surface area (Å²) >= 11 is 0. The maximum absolute atomic E-state index is 13.0. The molecule has 0 aliphatic carbocycles. The van der Waals surface area contributed by atoms with Crippen LogP contribution in [0.25, 0.3) is 10.9 Å². The second kappa shape index (κ2) is 7.82. The van der Waals surface area contributed by atoms with Gasteiger partial charge < -0.3 is 14.8 Å². The first-order valence-corrected chi connectivity index (χ1v) is 8.27. The molecule has 1 amide bonds. The van der Waals surface area contributed by atoms with Gasteiger partial charge in [-0.25, -0.2) is 4.39 Å². The van der Waals surface area contributed by atoms with Crippen molar-refractivity contribution in [3.8, 4) is 11.5 Å². The van der Waals surface area contributed by atoms with E-state index in [1.807, 2.05) is 13.0 Å². The Morgan fingerprint density at radius 3 is 2.65 bits per heavy atom. The van der Waals surface area contributed by atoms with Gasteiger partial charge in [0.25, 0.3) is 5.91 Å². The van der Waals surface area contributed by atoms with Gasteiger partial charge in [0.1, 0.15) is 22.8 Å². The van der Waals surface area contributed by atoms with Crippen molar-refractivity contribution < 1.29 is 18.7 Å². The number of anilines is 1. The first kappa shape index (κ1) is 17.7. The SMILES string of the molecule is CC[C@H](Oc1ccc(F)cc1)C(=O)Nc1ccc(OC)c2ncccc12. The molecule has 0 radical (unpaired) electrons. The summed E-state index contributed by atoms with van der Waals surface area (Å²) in [6, 6.07) is 12.8. The number of benzene rings is 2. The van der Waals surface area contributed by atoms with E-state index in [2.05, 4.69) is 10.3 Å². The molecule has 0 fully saturated rings. The molecule has 0 unspecified atom stereocenters. The van der Waals surface area contributed by atoms with Crippen LogP contribution in [0.1, 0.15) is 13.3 Å². The molecule has 5 nitrogen and oxygen atoms in total. The van der Waals surface area contributed by atoms with E-state index in [4.69, 9.17) is 9.47 Å². The molecule has 3 aromatic rings. The van der Waals surface area contributed by atoms with Crippen LogP contribution >= 0.6 is 0 Å². The van der Waals surface area contributed by atoms with Crippen molar-refractivity contribution in [1.82, 2.24) is 4.98 Å². The fourth-order valence-corrected chi connectivity index (χ4v) is 2.63. The van der Waals surface area contributed by atoms with E-state index in [9.17, 15) is 9.18 Å². The number of carbonyl (C=O) groups is 1. The highest BCUT2D eigenvalue weighted by molar-refractivity contribution is 6.04. The number of rotatable bonds is 6. The van der Waals surface area contributed by atoms with Crippen LogP contribution in [0.4, 0.5) is 10.1 Å². The van der Waals surface area contributed by atoms with E-state index >= 15 is 0 Å². The number of aromatic nitrogens is 1. The molecular formula is C20H19FN2O3. The molecule has 3 rings (SSSR count). The lowest BCUT2D eigenvalue weighted by molar-refractivity contribution is -0.122. The zero-order valence-electron chi connectivity index (χ0n) is 14.5. The van der Waals surface area contributed by atoms with Crippen molar-refractivity contribution in [2.24, 2.45) is 0 Å². The highest BCUT2D eigenvalue weighted by atomic mass is 19.1. The van der Waals surface area contributed by atoms with Crippen LogP contribution in [0.2, 0.25) is 0 Å². The fraction of sp³-hybridized carbons (Fsp3) is 0.200. The fourth-order valence-electron chi connectivity index (χ4n) is 2.63. The zero-order chi connectivity index (χ0) is 18.5. The molecule has 134 valence electrons. The zero-order valence-corrected chi connectivity index (χ0v) is 14.5. The number of pyridine rings is 1. The van der Waals surface area contributed by atoms with Crippen molar-refractivity contribution in [3.63, 3.8) is 0 Å². The highest BCUT2D eigenvalue weighted by Crippen LogP contribution is 2.30. The van der Waals surface area contributed by atoms with Crippen LogP contribution in [0.3, 0.4) is 0 Å². The number of hydrogen-bond acceptors (Lipinski definition) is 4. The lowest BCUT2D eigenvalue weighted by Gasteiger charge is -2.18. The number of halogens is 1. The van der Waals surface area contributed by atoms with Crippen LogP contribution in [0.5, 0.6) is 11.5 Å². The van der Waals surface area contributed by atoms with E-state index in [0.29, 0.717) is 29.1 Å². The normalized spacial score (nSPS) is 11.8. The third-order valence-electron chi connectivity index (χ3n) is 3.97. The molecule has 1 aromatic heterocycles. The largest absolute Gasteiger partial charge is 0.494 e. The van der Waals surface area contributed by atoms with Gasteiger partial charge in [-0.2, -0.15) is 0 Å². The first-order chi connectivity index (χ1) is 12.6. The average Bonchev–Trinajstić information content (AvgIpc) is 2.67. The third-order valence-corrected chi connectivity index (χ3v) is 3.97. The Labute approximate surface area is 150 Å². The molecule has 0 bridgehead atoms. The summed E-state index contributed by atoms with van der Waals surface area (Å²) < 4.78 is 24.0. The van der Waals surface area contributed by atoms with Crippen molar-refractivity contribution in [2.45, 2.75) is 19.4 Å². The van der Waals surface area contributed by atoms with Gasteiger partial charge in [-0.15, -0.1) is 0 Å². The highest BCUT2D eigenvalue weighted by Gasteiger charge is 2.20. The molecule has 2 aromatic carbocycles. The van der Waals surface area contributed by atoms with Crippen LogP contribution in [0.15, 0.2) is 54.7 Å². The summed E-state index contributed by atoms with van der Waals surface area (Å²) in [4.78, 5) is 17.0. The number of nitrogens with zero attached hydrogens (tertiary/aromatic N) is 1. The minimum absolute atomic E-state index is 0.285. The predicted octanol–water partition coefficient (Wildman–Crippen LogP) is 4.18. The Balaban J connectivity index is 1.82. The molecule has 1 N–H and O–H groups in total. The van der Waals surface area contributed by atoms with Crippen LogP contribution in [0, 0.1) is 5.82 Å². The molecule has 1 atom stereocenters. The number of ether oxygens (including phenoxy) is 2. The molecule has 0 saturated heterocycles. The molecule has 0 aliphatic heterocycles. The van der Waals surface area contributed by atoms with Crippen molar-refractivity contribution in [2.75, 3.05) is 12.4 Å². The van der Waals surface area contributed by atoms with E-state index < -0.39 is 6.10 Å². The average molecular weight is 354 g/mol. The first-order valence-electron chi connectivity index (χ1n) is 8.27. The maximum atomic E-state index is 13.0. The Hall–Kier alpha value is -3.15. The summed E-state index contributed by atoms with van der Waals surface area (Å²) in [6.45, 7) is 1.85. The lowest BCUT2D eigenvalue weighted by atomic mass is 10.1. The van der Waals surface area contributed by atoms with Gasteiger partial charge in [0.05, 0.1) is 12.8 Å². The van der Waals surface area contributed by atoms with Crippen LogP contribution in [-0.2, 0) is 4.79 Å². The number of methoxy groups -OCH3 is 1. The summed E-state index contributed by atoms with van der Waals surface area (Å²) in [7, 11) is 1.57. The molecule has 0 aliphatic rings.